The summed E-state index contributed by atoms with van der Waals surface area (Å²) < 4.78 is 6.55. The number of esters is 1. The minimum absolute atomic E-state index is 0.419. The van der Waals surface area contributed by atoms with Gasteiger partial charge in [0, 0.05) is 11.8 Å². The molecular weight excluding hydrogens is 370 g/mol. The first kappa shape index (κ1) is 19.5. The van der Waals surface area contributed by atoms with Crippen LogP contribution in [0.2, 0.25) is 0 Å². The van der Waals surface area contributed by atoms with Gasteiger partial charge in [-0.2, -0.15) is 5.26 Å². The summed E-state index contributed by atoms with van der Waals surface area (Å²) in [4.78, 5) is 23.6. The van der Waals surface area contributed by atoms with E-state index in [0.717, 1.165) is 5.56 Å². The van der Waals surface area contributed by atoms with Gasteiger partial charge in [0.15, 0.2) is 6.61 Å². The maximum absolute atomic E-state index is 11.8. The molecule has 0 radical (unpaired) electrons. The number of benzene rings is 2. The summed E-state index contributed by atoms with van der Waals surface area (Å²) in [6, 6.07) is 18.2. The minimum Gasteiger partial charge on any atom is -0.452 e. The van der Waals surface area contributed by atoms with Crippen LogP contribution in [0.15, 0.2) is 66.9 Å². The van der Waals surface area contributed by atoms with E-state index >= 15 is 0 Å². The quantitative estimate of drug-likeness (QED) is 0.492. The van der Waals surface area contributed by atoms with E-state index in [0.29, 0.717) is 23.5 Å². The van der Waals surface area contributed by atoms with Crippen molar-refractivity contribution in [3.8, 4) is 6.07 Å². The maximum atomic E-state index is 11.8. The van der Waals surface area contributed by atoms with Gasteiger partial charge in [0.1, 0.15) is 5.69 Å². The molecule has 0 unspecified atom stereocenters. The van der Waals surface area contributed by atoms with Crippen molar-refractivity contribution in [2.45, 2.75) is 6.54 Å². The zero-order valence-corrected chi connectivity index (χ0v) is 15.4. The number of amides is 1. The predicted octanol–water partition coefficient (Wildman–Crippen LogP) is 2.39. The van der Waals surface area contributed by atoms with Crippen molar-refractivity contribution < 1.29 is 14.3 Å². The smallest absolute Gasteiger partial charge is 0.331 e. The molecule has 1 amide bonds. The maximum Gasteiger partial charge on any atom is 0.331 e. The number of hydrogen-bond donors (Lipinski definition) is 1. The van der Waals surface area contributed by atoms with Gasteiger partial charge in [-0.25, -0.2) is 9.48 Å². The average Bonchev–Trinajstić information content (AvgIpc) is 3.19. The number of hydrogen-bond acceptors (Lipinski definition) is 6. The topological polar surface area (TPSA) is 110 Å². The van der Waals surface area contributed by atoms with Crippen molar-refractivity contribution in [2.75, 3.05) is 11.9 Å². The Bertz CT molecular complexity index is 1070. The van der Waals surface area contributed by atoms with E-state index in [1.165, 1.54) is 18.2 Å². The molecule has 0 spiro atoms. The summed E-state index contributed by atoms with van der Waals surface area (Å²) in [6.45, 7) is 0.125. The molecule has 8 heteroatoms. The Hall–Kier alpha value is -4.25. The molecule has 0 atom stereocenters. The zero-order chi connectivity index (χ0) is 20.5. The molecule has 0 aliphatic rings. The fraction of sp³-hybridized carbons (Fsp3) is 0.0952. The highest BCUT2D eigenvalue weighted by Crippen LogP contribution is 2.09. The Kier molecular flexibility index (Phi) is 6.47. The Morgan fingerprint density at radius 1 is 1.17 bits per heavy atom. The highest BCUT2D eigenvalue weighted by molar-refractivity contribution is 5.94. The number of carbonyl (C=O) groups excluding carboxylic acids is 2. The zero-order valence-electron chi connectivity index (χ0n) is 15.4. The number of nitriles is 1. The van der Waals surface area contributed by atoms with Gasteiger partial charge in [0.25, 0.3) is 5.91 Å². The SMILES string of the molecule is N#Cc1cccc(NC(=O)COC(=O)/C=C/c2cn(Cc3ccccc3)nn2)c1. The molecule has 8 nitrogen and oxygen atoms in total. The Balaban J connectivity index is 1.46. The molecule has 1 aromatic heterocycles. The third-order valence-corrected chi connectivity index (χ3v) is 3.75. The van der Waals surface area contributed by atoms with Crippen LogP contribution in [0, 0.1) is 11.3 Å². The molecule has 0 fully saturated rings. The first-order valence-electron chi connectivity index (χ1n) is 8.71. The normalized spacial score (nSPS) is 10.4. The molecule has 0 saturated carbocycles. The van der Waals surface area contributed by atoms with Crippen LogP contribution in [0.3, 0.4) is 0 Å². The largest absolute Gasteiger partial charge is 0.452 e. The van der Waals surface area contributed by atoms with Crippen molar-refractivity contribution in [3.63, 3.8) is 0 Å². The van der Waals surface area contributed by atoms with E-state index in [1.807, 2.05) is 36.4 Å². The Labute approximate surface area is 167 Å². The Morgan fingerprint density at radius 2 is 2.00 bits per heavy atom. The van der Waals surface area contributed by atoms with Gasteiger partial charge < -0.3 is 10.1 Å². The summed E-state index contributed by atoms with van der Waals surface area (Å²) in [5.41, 5.74) is 2.45. The van der Waals surface area contributed by atoms with E-state index in [1.54, 1.807) is 29.1 Å². The third-order valence-electron chi connectivity index (χ3n) is 3.75. The lowest BCUT2D eigenvalue weighted by Crippen LogP contribution is -2.20. The second-order valence-electron chi connectivity index (χ2n) is 6.01. The molecule has 0 aliphatic heterocycles. The number of carbonyl (C=O) groups is 2. The number of rotatable bonds is 7. The number of nitrogens with zero attached hydrogens (tertiary/aromatic N) is 4. The van der Waals surface area contributed by atoms with E-state index < -0.39 is 18.5 Å². The van der Waals surface area contributed by atoms with Crippen molar-refractivity contribution in [1.82, 2.24) is 15.0 Å². The van der Waals surface area contributed by atoms with Crippen LogP contribution in [0.1, 0.15) is 16.8 Å². The predicted molar refractivity (Wildman–Crippen MR) is 105 cm³/mol. The molecule has 3 aromatic rings. The van der Waals surface area contributed by atoms with Crippen LogP contribution in [0.5, 0.6) is 0 Å². The van der Waals surface area contributed by atoms with Crippen molar-refractivity contribution in [2.24, 2.45) is 0 Å². The first-order chi connectivity index (χ1) is 14.1. The second kappa shape index (κ2) is 9.62. The highest BCUT2D eigenvalue weighted by Gasteiger charge is 2.07. The fourth-order valence-corrected chi connectivity index (χ4v) is 2.44. The fourth-order valence-electron chi connectivity index (χ4n) is 2.44. The van der Waals surface area contributed by atoms with Crippen LogP contribution < -0.4 is 5.32 Å². The van der Waals surface area contributed by atoms with Gasteiger partial charge in [-0.15, -0.1) is 5.10 Å². The van der Waals surface area contributed by atoms with Gasteiger partial charge in [-0.05, 0) is 29.8 Å². The molecule has 2 aromatic carbocycles. The van der Waals surface area contributed by atoms with Crippen molar-refractivity contribution in [3.05, 3.63) is 83.7 Å². The monoisotopic (exact) mass is 387 g/mol. The first-order valence-corrected chi connectivity index (χ1v) is 8.71. The third kappa shape index (κ3) is 6.15. The van der Waals surface area contributed by atoms with Crippen LogP contribution in [-0.4, -0.2) is 33.5 Å². The van der Waals surface area contributed by atoms with E-state index in [9.17, 15) is 9.59 Å². The number of anilines is 1. The molecule has 0 saturated heterocycles. The minimum atomic E-state index is -0.677. The van der Waals surface area contributed by atoms with Crippen LogP contribution >= 0.6 is 0 Å². The van der Waals surface area contributed by atoms with Gasteiger partial charge >= 0.3 is 5.97 Å². The summed E-state index contributed by atoms with van der Waals surface area (Å²) in [5, 5.41) is 19.4. The molecule has 29 heavy (non-hydrogen) atoms. The van der Waals surface area contributed by atoms with Gasteiger partial charge in [-0.1, -0.05) is 41.6 Å². The van der Waals surface area contributed by atoms with Crippen molar-refractivity contribution >= 4 is 23.6 Å². The second-order valence-corrected chi connectivity index (χ2v) is 6.01. The summed E-state index contributed by atoms with van der Waals surface area (Å²) in [6.07, 6.45) is 4.34. The molecule has 1 heterocycles. The molecule has 0 bridgehead atoms. The van der Waals surface area contributed by atoms with Gasteiger partial charge in [0.05, 0.1) is 24.4 Å². The standard InChI is InChI=1S/C21H17N5O3/c22-12-17-7-4-8-18(11-17)23-20(27)15-29-21(28)10-9-19-14-26(25-24-19)13-16-5-2-1-3-6-16/h1-11,14H,13,15H2,(H,23,27)/b10-9+. The van der Waals surface area contributed by atoms with Crippen LogP contribution in [0.4, 0.5) is 5.69 Å². The number of nitrogens with one attached hydrogen (secondary N) is 1. The van der Waals surface area contributed by atoms with E-state index in [-0.39, 0.29) is 0 Å². The van der Waals surface area contributed by atoms with Gasteiger partial charge in [-0.3, -0.25) is 4.79 Å². The summed E-state index contributed by atoms with van der Waals surface area (Å²) in [7, 11) is 0. The number of aromatic nitrogens is 3. The molecule has 3 rings (SSSR count). The molecule has 0 aliphatic carbocycles. The summed E-state index contributed by atoms with van der Waals surface area (Å²) >= 11 is 0. The van der Waals surface area contributed by atoms with Gasteiger partial charge in [0.2, 0.25) is 0 Å². The van der Waals surface area contributed by atoms with Crippen LogP contribution in [0.25, 0.3) is 6.08 Å². The highest BCUT2D eigenvalue weighted by atomic mass is 16.5. The van der Waals surface area contributed by atoms with Crippen LogP contribution in [-0.2, 0) is 20.9 Å². The van der Waals surface area contributed by atoms with E-state index in [2.05, 4.69) is 15.6 Å². The molecular formula is C21H17N5O3. The molecule has 144 valence electrons. The lowest BCUT2D eigenvalue weighted by atomic mass is 10.2. The van der Waals surface area contributed by atoms with E-state index in [4.69, 9.17) is 10.00 Å². The number of ether oxygens (including phenoxy) is 1. The Morgan fingerprint density at radius 3 is 2.79 bits per heavy atom. The average molecular weight is 387 g/mol. The molecule has 1 N–H and O–H groups in total. The lowest BCUT2D eigenvalue weighted by molar-refractivity contribution is -0.142. The van der Waals surface area contributed by atoms with Crippen molar-refractivity contribution in [1.29, 1.82) is 5.26 Å². The summed E-state index contributed by atoms with van der Waals surface area (Å²) in [5.74, 6) is -1.18. The lowest BCUT2D eigenvalue weighted by Gasteiger charge is -2.05.